The summed E-state index contributed by atoms with van der Waals surface area (Å²) in [6.45, 7) is 0. The van der Waals surface area contributed by atoms with Crippen molar-refractivity contribution in [2.24, 2.45) is 0 Å². The van der Waals surface area contributed by atoms with Crippen molar-refractivity contribution in [1.29, 1.82) is 0 Å². The van der Waals surface area contributed by atoms with Crippen LogP contribution in [0.1, 0.15) is 10.5 Å². The SMILES string of the molecule is O=C(Nc1cccc2nsnc12)c1ccn[nH]1. The summed E-state index contributed by atoms with van der Waals surface area (Å²) in [6, 6.07) is 7.07. The van der Waals surface area contributed by atoms with Crippen molar-refractivity contribution in [2.75, 3.05) is 5.32 Å². The molecule has 2 N–H and O–H groups in total. The first kappa shape index (κ1) is 9.91. The summed E-state index contributed by atoms with van der Waals surface area (Å²) in [5.74, 6) is -0.247. The van der Waals surface area contributed by atoms with Gasteiger partial charge in [0, 0.05) is 6.20 Å². The van der Waals surface area contributed by atoms with E-state index in [0.717, 1.165) is 17.2 Å². The van der Waals surface area contributed by atoms with Gasteiger partial charge in [-0.15, -0.1) is 0 Å². The lowest BCUT2D eigenvalue weighted by molar-refractivity contribution is 0.102. The highest BCUT2D eigenvalue weighted by atomic mass is 32.1. The van der Waals surface area contributed by atoms with Gasteiger partial charge in [0.25, 0.3) is 5.91 Å². The Hall–Kier alpha value is -2.28. The maximum Gasteiger partial charge on any atom is 0.273 e. The smallest absolute Gasteiger partial charge is 0.273 e. The molecule has 0 radical (unpaired) electrons. The summed E-state index contributed by atoms with van der Waals surface area (Å²) in [5.41, 5.74) is 2.53. The van der Waals surface area contributed by atoms with E-state index in [9.17, 15) is 4.79 Å². The molecule has 0 unspecified atom stereocenters. The molecule has 1 amide bonds. The molecule has 0 aliphatic carbocycles. The van der Waals surface area contributed by atoms with E-state index in [1.165, 1.54) is 6.20 Å². The quantitative estimate of drug-likeness (QED) is 0.719. The maximum absolute atomic E-state index is 11.8. The minimum atomic E-state index is -0.247. The summed E-state index contributed by atoms with van der Waals surface area (Å²) >= 11 is 1.12. The van der Waals surface area contributed by atoms with Crippen molar-refractivity contribution in [1.82, 2.24) is 18.9 Å². The van der Waals surface area contributed by atoms with E-state index in [0.29, 0.717) is 16.9 Å². The number of nitrogens with zero attached hydrogens (tertiary/aromatic N) is 3. The van der Waals surface area contributed by atoms with Crippen LogP contribution in [0.25, 0.3) is 11.0 Å². The van der Waals surface area contributed by atoms with Crippen LogP contribution in [0.4, 0.5) is 5.69 Å². The van der Waals surface area contributed by atoms with E-state index in [1.54, 1.807) is 12.1 Å². The van der Waals surface area contributed by atoms with Crippen molar-refractivity contribution in [2.45, 2.75) is 0 Å². The van der Waals surface area contributed by atoms with E-state index in [4.69, 9.17) is 0 Å². The molecule has 2 heterocycles. The topological polar surface area (TPSA) is 83.6 Å². The van der Waals surface area contributed by atoms with Gasteiger partial charge in [0.2, 0.25) is 0 Å². The first-order valence-electron chi connectivity index (χ1n) is 4.86. The fourth-order valence-corrected chi connectivity index (χ4v) is 2.03. The molecule has 7 heteroatoms. The van der Waals surface area contributed by atoms with Gasteiger partial charge in [-0.2, -0.15) is 13.8 Å². The Kier molecular flexibility index (Phi) is 2.30. The number of carbonyl (C=O) groups is 1. The third-order valence-corrected chi connectivity index (χ3v) is 2.82. The first-order chi connectivity index (χ1) is 8.34. The minimum Gasteiger partial charge on any atom is -0.319 e. The molecule has 0 spiro atoms. The summed E-state index contributed by atoms with van der Waals surface area (Å²) in [5, 5.41) is 9.10. The molecule has 2 aromatic heterocycles. The van der Waals surface area contributed by atoms with Crippen LogP contribution in [0, 0.1) is 0 Å². The predicted octanol–water partition coefficient (Wildman–Crippen LogP) is 1.67. The van der Waals surface area contributed by atoms with Gasteiger partial charge in [-0.1, -0.05) is 6.07 Å². The Labute approximate surface area is 100 Å². The zero-order valence-electron chi connectivity index (χ0n) is 8.54. The second-order valence-corrected chi connectivity index (χ2v) is 3.89. The van der Waals surface area contributed by atoms with Crippen LogP contribution in [-0.4, -0.2) is 24.9 Å². The monoisotopic (exact) mass is 245 g/mol. The van der Waals surface area contributed by atoms with Crippen molar-refractivity contribution in [3.8, 4) is 0 Å². The highest BCUT2D eigenvalue weighted by molar-refractivity contribution is 7.00. The fraction of sp³-hybridized carbons (Fsp3) is 0. The number of rotatable bonds is 2. The summed E-state index contributed by atoms with van der Waals surface area (Å²) in [7, 11) is 0. The molecule has 0 saturated carbocycles. The number of aromatic amines is 1. The Bertz CT molecular complexity index is 660. The lowest BCUT2D eigenvalue weighted by Gasteiger charge is -2.03. The zero-order chi connectivity index (χ0) is 11.7. The van der Waals surface area contributed by atoms with Gasteiger partial charge in [-0.25, -0.2) is 0 Å². The van der Waals surface area contributed by atoms with Gasteiger partial charge in [0.05, 0.1) is 17.4 Å². The van der Waals surface area contributed by atoms with Gasteiger partial charge < -0.3 is 5.32 Å². The minimum absolute atomic E-state index is 0.247. The van der Waals surface area contributed by atoms with Gasteiger partial charge in [0.15, 0.2) is 0 Å². The number of benzene rings is 1. The maximum atomic E-state index is 11.8. The lowest BCUT2D eigenvalue weighted by atomic mass is 10.2. The van der Waals surface area contributed by atoms with Gasteiger partial charge in [-0.05, 0) is 18.2 Å². The second-order valence-electron chi connectivity index (χ2n) is 3.36. The standard InChI is InChI=1S/C10H7N5OS/c16-10(8-4-5-11-13-8)12-6-2-1-3-7-9(6)15-17-14-7/h1-5H,(H,11,13)(H,12,16). The zero-order valence-corrected chi connectivity index (χ0v) is 9.36. The highest BCUT2D eigenvalue weighted by Gasteiger charge is 2.10. The van der Waals surface area contributed by atoms with E-state index >= 15 is 0 Å². The van der Waals surface area contributed by atoms with Gasteiger partial charge in [0.1, 0.15) is 16.7 Å². The fourth-order valence-electron chi connectivity index (χ4n) is 1.48. The normalized spacial score (nSPS) is 10.6. The largest absolute Gasteiger partial charge is 0.319 e. The van der Waals surface area contributed by atoms with Crippen LogP contribution < -0.4 is 5.32 Å². The van der Waals surface area contributed by atoms with Crippen LogP contribution >= 0.6 is 11.7 Å². The average Bonchev–Trinajstić information content (AvgIpc) is 3.00. The van der Waals surface area contributed by atoms with Crippen LogP contribution in [0.2, 0.25) is 0 Å². The van der Waals surface area contributed by atoms with E-state index < -0.39 is 0 Å². The van der Waals surface area contributed by atoms with Crippen molar-refractivity contribution >= 4 is 34.4 Å². The number of anilines is 1. The Morgan fingerprint density at radius 3 is 3.06 bits per heavy atom. The van der Waals surface area contributed by atoms with Gasteiger partial charge in [-0.3, -0.25) is 9.89 Å². The molecule has 0 aliphatic heterocycles. The average molecular weight is 245 g/mol. The second kappa shape index (κ2) is 3.95. The molecule has 84 valence electrons. The first-order valence-corrected chi connectivity index (χ1v) is 5.59. The molecule has 17 heavy (non-hydrogen) atoms. The summed E-state index contributed by atoms with van der Waals surface area (Å²) in [6.07, 6.45) is 1.53. The molecule has 3 aromatic rings. The number of fused-ring (bicyclic) bond motifs is 1. The van der Waals surface area contributed by atoms with E-state index in [-0.39, 0.29) is 5.91 Å². The number of hydrogen-bond acceptors (Lipinski definition) is 5. The van der Waals surface area contributed by atoms with Crippen LogP contribution in [0.3, 0.4) is 0 Å². The number of aromatic nitrogens is 4. The molecule has 0 fully saturated rings. The molecular formula is C10H7N5OS. The summed E-state index contributed by atoms with van der Waals surface area (Å²) < 4.78 is 8.25. The summed E-state index contributed by atoms with van der Waals surface area (Å²) in [4.78, 5) is 11.8. The Morgan fingerprint density at radius 2 is 2.24 bits per heavy atom. The number of H-pyrrole nitrogens is 1. The number of amides is 1. The number of nitrogens with one attached hydrogen (secondary N) is 2. The van der Waals surface area contributed by atoms with Crippen LogP contribution in [0.5, 0.6) is 0 Å². The number of carbonyl (C=O) groups excluding carboxylic acids is 1. The van der Waals surface area contributed by atoms with E-state index in [2.05, 4.69) is 24.3 Å². The van der Waals surface area contributed by atoms with E-state index in [1.807, 2.05) is 12.1 Å². The van der Waals surface area contributed by atoms with Gasteiger partial charge >= 0.3 is 0 Å². The molecule has 6 nitrogen and oxygen atoms in total. The molecule has 0 atom stereocenters. The molecule has 3 rings (SSSR count). The third-order valence-electron chi connectivity index (χ3n) is 2.28. The Balaban J connectivity index is 1.95. The third kappa shape index (κ3) is 1.76. The Morgan fingerprint density at radius 1 is 1.29 bits per heavy atom. The van der Waals surface area contributed by atoms with Crippen molar-refractivity contribution in [3.05, 3.63) is 36.2 Å². The van der Waals surface area contributed by atoms with Crippen molar-refractivity contribution in [3.63, 3.8) is 0 Å². The number of hydrogen-bond donors (Lipinski definition) is 2. The highest BCUT2D eigenvalue weighted by Crippen LogP contribution is 2.21. The molecule has 0 saturated heterocycles. The lowest BCUT2D eigenvalue weighted by Crippen LogP contribution is -2.12. The van der Waals surface area contributed by atoms with Crippen molar-refractivity contribution < 1.29 is 4.79 Å². The van der Waals surface area contributed by atoms with Crippen LogP contribution in [-0.2, 0) is 0 Å². The molecule has 1 aromatic carbocycles. The van der Waals surface area contributed by atoms with Crippen LogP contribution in [0.15, 0.2) is 30.5 Å². The molecular weight excluding hydrogens is 238 g/mol. The molecule has 0 bridgehead atoms. The molecule has 0 aliphatic rings. The predicted molar refractivity (Wildman–Crippen MR) is 64.0 cm³/mol.